The van der Waals surface area contributed by atoms with Crippen LogP contribution in [0.1, 0.15) is 68.2 Å². The second kappa shape index (κ2) is 42.0. The molecule has 3 aromatic rings. The SMILES string of the molecule is CCOc1ccc(C(=O)N2CCN(c3ccc(-c4cccnc4OCC)nc3CNCCCOCCOCCOCCOCCNC(=O)CCC(C(=O)O)N3CCN(CC(=O)O)CCN(CC(=O)O)CCN(CC(=O)O)CC3)[C@H](CC)C2)c(C(F)(F)F)n1.O=C(O)C(F)(F)F. The minimum absolute atomic E-state index is 0.0684. The van der Waals surface area contributed by atoms with Gasteiger partial charge < -0.3 is 74.4 Å². The zero-order chi connectivity index (χ0) is 69.9. The number of halogens is 6. The summed E-state index contributed by atoms with van der Waals surface area (Å²) in [7, 11) is 0. The minimum atomic E-state index is -5.08. The van der Waals surface area contributed by atoms with Gasteiger partial charge in [0.05, 0.1) is 107 Å². The first-order valence-electron chi connectivity index (χ1n) is 31.0. The van der Waals surface area contributed by atoms with Crippen molar-refractivity contribution < 1.29 is 114 Å². The number of hydrogen-bond acceptors (Lipinski definition) is 22. The van der Waals surface area contributed by atoms with E-state index in [0.29, 0.717) is 89.3 Å². The molecule has 3 aromatic heterocycles. The molecule has 2 amide bonds. The number of anilines is 1. The van der Waals surface area contributed by atoms with E-state index in [1.54, 1.807) is 38.8 Å². The number of piperazine rings is 1. The fourth-order valence-electron chi connectivity index (χ4n) is 10.1. The highest BCUT2D eigenvalue weighted by Crippen LogP contribution is 2.35. The Morgan fingerprint density at radius 1 is 0.642 bits per heavy atom. The quantitative estimate of drug-likeness (QED) is 0.0322. The fourth-order valence-corrected chi connectivity index (χ4v) is 10.1. The number of carboxylic acid groups (broad SMARTS) is 5. The van der Waals surface area contributed by atoms with Crippen LogP contribution in [0.4, 0.5) is 32.0 Å². The number of alkyl halides is 6. The van der Waals surface area contributed by atoms with Gasteiger partial charge in [-0.1, -0.05) is 6.92 Å². The molecular formula is C60H87F6N11O18. The number of nitrogens with zero attached hydrogens (tertiary/aromatic N) is 9. The van der Waals surface area contributed by atoms with Crippen LogP contribution >= 0.6 is 0 Å². The average molecular weight is 1360 g/mol. The molecule has 29 nitrogen and oxygen atoms in total. The lowest BCUT2D eigenvalue weighted by Crippen LogP contribution is -2.55. The Morgan fingerprint density at radius 2 is 1.19 bits per heavy atom. The van der Waals surface area contributed by atoms with E-state index in [1.807, 2.05) is 32.0 Å². The van der Waals surface area contributed by atoms with E-state index in [1.165, 1.54) is 11.0 Å². The van der Waals surface area contributed by atoms with Crippen molar-refractivity contribution in [3.8, 4) is 23.0 Å². The minimum Gasteiger partial charge on any atom is -0.480 e. The van der Waals surface area contributed by atoms with Crippen molar-refractivity contribution in [3.63, 3.8) is 0 Å². The number of carboxylic acids is 5. The van der Waals surface area contributed by atoms with Gasteiger partial charge in [0.25, 0.3) is 5.91 Å². The highest BCUT2D eigenvalue weighted by molar-refractivity contribution is 5.96. The van der Waals surface area contributed by atoms with Gasteiger partial charge in [-0.15, -0.1) is 0 Å². The summed E-state index contributed by atoms with van der Waals surface area (Å²) in [6.45, 7) is 10.5. The Hall–Kier alpha value is -7.64. The molecule has 2 saturated heterocycles. The van der Waals surface area contributed by atoms with Crippen LogP contribution in [0.3, 0.4) is 0 Å². The van der Waals surface area contributed by atoms with Gasteiger partial charge in [0, 0.05) is 116 Å². The maximum atomic E-state index is 14.2. The van der Waals surface area contributed by atoms with Gasteiger partial charge in [0.15, 0.2) is 5.69 Å². The van der Waals surface area contributed by atoms with Gasteiger partial charge in [-0.2, -0.15) is 26.3 Å². The molecule has 2 aliphatic rings. The van der Waals surface area contributed by atoms with Gasteiger partial charge >= 0.3 is 42.2 Å². The molecule has 95 heavy (non-hydrogen) atoms. The van der Waals surface area contributed by atoms with Crippen molar-refractivity contribution in [3.05, 3.63) is 59.5 Å². The van der Waals surface area contributed by atoms with E-state index in [4.69, 9.17) is 43.3 Å². The predicted octanol–water partition coefficient (Wildman–Crippen LogP) is 3.10. The normalized spacial score (nSPS) is 16.2. The number of carbonyl (C=O) groups excluding carboxylic acids is 2. The highest BCUT2D eigenvalue weighted by Gasteiger charge is 2.41. The molecular weight excluding hydrogens is 1280 g/mol. The summed E-state index contributed by atoms with van der Waals surface area (Å²) in [4.78, 5) is 106. The lowest BCUT2D eigenvalue weighted by atomic mass is 10.0. The van der Waals surface area contributed by atoms with E-state index in [-0.39, 0.29) is 143 Å². The van der Waals surface area contributed by atoms with Crippen molar-refractivity contribution >= 4 is 47.3 Å². The number of nitrogens with one attached hydrogen (secondary N) is 2. The summed E-state index contributed by atoms with van der Waals surface area (Å²) in [5.41, 5.74) is 1.11. The largest absolute Gasteiger partial charge is 0.490 e. The molecule has 0 bridgehead atoms. The molecule has 2 fully saturated rings. The topological polar surface area (TPSA) is 358 Å². The lowest BCUT2D eigenvalue weighted by molar-refractivity contribution is -0.192. The van der Waals surface area contributed by atoms with Gasteiger partial charge in [-0.3, -0.25) is 48.4 Å². The number of aromatic nitrogens is 3. The standard InChI is InChI=1S/C58H86F3N11O16.C2HF3O2/c1-4-42-38-71(56(80)44-10-15-50(87-5-2)66-54(44)58(59,60)61)27-28-72(42)47-12-11-45(43-9-7-17-64-55(43)88-6-3)65-46(47)37-62-16-8-29-83-31-33-85-35-36-86-34-32-84-30-18-63-49(73)14-13-48(57(81)82)70-25-23-68(40-52(76)77)21-19-67(39-51(74)75)20-22-69(24-26-70)41-53(78)79;3-2(4,5)1(6)7/h7,9-12,15,17,42,48,62H,4-6,8,13-14,16,18-41H2,1-3H3,(H,63,73)(H,74,75)(H,76,77)(H,78,79)(H,81,82);(H,6,7)/t42-,48?;/m1./s1. The Kier molecular flexibility index (Phi) is 35.3. The van der Waals surface area contributed by atoms with Gasteiger partial charge in [-0.05, 0) is 70.0 Å². The number of ether oxygens (including phenoxy) is 6. The number of aliphatic carboxylic acids is 5. The Balaban J connectivity index is 0.00000259. The van der Waals surface area contributed by atoms with Crippen molar-refractivity contribution in [2.75, 3.05) is 176 Å². The van der Waals surface area contributed by atoms with Gasteiger partial charge in [0.2, 0.25) is 17.7 Å². The predicted molar refractivity (Wildman–Crippen MR) is 327 cm³/mol. The molecule has 5 heterocycles. The molecule has 0 radical (unpaired) electrons. The van der Waals surface area contributed by atoms with Gasteiger partial charge in [0.1, 0.15) is 6.04 Å². The average Bonchev–Trinajstić information content (AvgIpc) is 0.786. The van der Waals surface area contributed by atoms with Crippen molar-refractivity contribution in [2.45, 2.75) is 77.4 Å². The Labute approximate surface area is 545 Å². The molecule has 2 atom stereocenters. The first-order valence-corrected chi connectivity index (χ1v) is 31.0. The Bertz CT molecular complexity index is 2860. The van der Waals surface area contributed by atoms with Crippen LogP contribution < -0.4 is 25.0 Å². The molecule has 2 aliphatic heterocycles. The molecule has 0 saturated carbocycles. The van der Waals surface area contributed by atoms with E-state index in [9.17, 15) is 75.5 Å². The maximum Gasteiger partial charge on any atom is 0.490 e. The first-order chi connectivity index (χ1) is 45.2. The lowest BCUT2D eigenvalue weighted by Gasteiger charge is -2.43. The van der Waals surface area contributed by atoms with Crippen LogP contribution in [0.2, 0.25) is 0 Å². The zero-order valence-electron chi connectivity index (χ0n) is 53.5. The third-order valence-electron chi connectivity index (χ3n) is 14.7. The molecule has 532 valence electrons. The second-order valence-corrected chi connectivity index (χ2v) is 21.5. The van der Waals surface area contributed by atoms with Crippen LogP contribution in [-0.4, -0.2) is 296 Å². The van der Waals surface area contributed by atoms with Gasteiger partial charge in [-0.25, -0.2) is 19.7 Å². The molecule has 35 heteroatoms. The van der Waals surface area contributed by atoms with Crippen molar-refractivity contribution in [1.82, 2.24) is 50.1 Å². The monoisotopic (exact) mass is 1360 g/mol. The smallest absolute Gasteiger partial charge is 0.480 e. The number of carbonyl (C=O) groups is 7. The third kappa shape index (κ3) is 29.5. The van der Waals surface area contributed by atoms with Crippen LogP contribution in [0.25, 0.3) is 11.3 Å². The van der Waals surface area contributed by atoms with E-state index >= 15 is 0 Å². The van der Waals surface area contributed by atoms with E-state index in [2.05, 4.69) is 25.5 Å². The van der Waals surface area contributed by atoms with E-state index in [0.717, 1.165) is 17.4 Å². The fraction of sp³-hybridized carbons (Fsp3) is 0.633. The second-order valence-electron chi connectivity index (χ2n) is 21.5. The highest BCUT2D eigenvalue weighted by atomic mass is 19.4. The molecule has 1 unspecified atom stereocenters. The summed E-state index contributed by atoms with van der Waals surface area (Å²) in [5, 5.41) is 52.0. The summed E-state index contributed by atoms with van der Waals surface area (Å²) < 4.78 is 108. The van der Waals surface area contributed by atoms with Crippen LogP contribution in [0.5, 0.6) is 11.8 Å². The summed E-state index contributed by atoms with van der Waals surface area (Å²) in [5.74, 6) is -8.15. The Morgan fingerprint density at radius 3 is 1.71 bits per heavy atom. The number of hydrogen-bond donors (Lipinski definition) is 7. The van der Waals surface area contributed by atoms with Crippen molar-refractivity contribution in [2.24, 2.45) is 0 Å². The summed E-state index contributed by atoms with van der Waals surface area (Å²) in [6.07, 6.45) is -7.23. The van der Waals surface area contributed by atoms with Crippen LogP contribution in [-0.2, 0) is 60.4 Å². The maximum absolute atomic E-state index is 14.2. The number of rotatable bonds is 37. The van der Waals surface area contributed by atoms with E-state index < -0.39 is 71.3 Å². The molecule has 5 rings (SSSR count). The number of amides is 2. The molecule has 7 N–H and O–H groups in total. The van der Waals surface area contributed by atoms with Crippen LogP contribution in [0, 0.1) is 0 Å². The van der Waals surface area contributed by atoms with Crippen LogP contribution in [0.15, 0.2) is 42.6 Å². The molecule has 0 aromatic carbocycles. The number of pyridine rings is 3. The third-order valence-corrected chi connectivity index (χ3v) is 14.7. The molecule has 0 aliphatic carbocycles. The molecule has 0 spiro atoms. The zero-order valence-corrected chi connectivity index (χ0v) is 53.5. The van der Waals surface area contributed by atoms with Crippen molar-refractivity contribution in [1.29, 1.82) is 0 Å². The summed E-state index contributed by atoms with van der Waals surface area (Å²) in [6, 6.07) is 8.59. The first kappa shape index (κ1) is 79.8. The summed E-state index contributed by atoms with van der Waals surface area (Å²) >= 11 is 0.